The lowest BCUT2D eigenvalue weighted by atomic mass is 10.2. The van der Waals surface area contributed by atoms with Crippen LogP contribution in [0.5, 0.6) is 11.5 Å². The third-order valence-corrected chi connectivity index (χ3v) is 4.23. The van der Waals surface area contributed by atoms with Gasteiger partial charge in [-0.3, -0.25) is 0 Å². The average molecular weight is 372 g/mol. The van der Waals surface area contributed by atoms with Gasteiger partial charge >= 0.3 is 6.09 Å². The van der Waals surface area contributed by atoms with Crippen LogP contribution in [0.1, 0.15) is 11.3 Å². The Balaban J connectivity index is 1.65. The maximum absolute atomic E-state index is 12.0. The molecular weight excluding hydrogens is 354 g/mol. The Bertz CT molecular complexity index is 907. The molecule has 0 spiro atoms. The van der Waals surface area contributed by atoms with Crippen molar-refractivity contribution in [3.8, 4) is 17.2 Å². The lowest BCUT2D eigenvalue weighted by Crippen LogP contribution is -2.26. The van der Waals surface area contributed by atoms with Gasteiger partial charge in [0.2, 0.25) is 0 Å². The summed E-state index contributed by atoms with van der Waals surface area (Å²) in [4.78, 5) is 12.0. The third kappa shape index (κ3) is 3.97. The summed E-state index contributed by atoms with van der Waals surface area (Å²) in [6.07, 6.45) is 0.941. The lowest BCUT2D eigenvalue weighted by molar-refractivity contribution is 0.199. The fourth-order valence-electron chi connectivity index (χ4n) is 2.42. The van der Waals surface area contributed by atoms with Crippen molar-refractivity contribution in [2.45, 2.75) is 13.5 Å². The normalized spacial score (nSPS) is 10.4. The fourth-order valence-corrected chi connectivity index (χ4v) is 2.63. The van der Waals surface area contributed by atoms with Crippen molar-refractivity contribution in [2.75, 3.05) is 7.11 Å². The highest BCUT2D eigenvalue weighted by Crippen LogP contribution is 2.22. The molecule has 0 aliphatic carbocycles. The van der Waals surface area contributed by atoms with E-state index in [4.69, 9.17) is 21.1 Å². The molecule has 1 N–H and O–H groups in total. The predicted molar refractivity (Wildman–Crippen MR) is 99.2 cm³/mol. The van der Waals surface area contributed by atoms with Crippen LogP contribution < -0.4 is 14.8 Å². The van der Waals surface area contributed by atoms with Crippen LogP contribution in [0.25, 0.3) is 5.69 Å². The molecule has 0 aliphatic rings. The number of amides is 1. The molecule has 1 amide bonds. The van der Waals surface area contributed by atoms with Crippen LogP contribution in [0.2, 0.25) is 5.02 Å². The summed E-state index contributed by atoms with van der Waals surface area (Å²) in [6.45, 7) is 2.11. The SMILES string of the molecule is COc1ccc(-n2ncc(OC(=O)NCc3ccccc3Cl)c2C)cc1. The van der Waals surface area contributed by atoms with E-state index in [1.54, 1.807) is 17.9 Å². The quantitative estimate of drug-likeness (QED) is 0.732. The zero-order valence-electron chi connectivity index (χ0n) is 14.4. The number of hydrogen-bond donors (Lipinski definition) is 1. The maximum atomic E-state index is 12.0. The van der Waals surface area contributed by atoms with Crippen LogP contribution in [-0.4, -0.2) is 23.0 Å². The first-order valence-electron chi connectivity index (χ1n) is 7.96. The molecule has 2 aromatic carbocycles. The van der Waals surface area contributed by atoms with Gasteiger partial charge in [0.25, 0.3) is 0 Å². The number of carbonyl (C=O) groups is 1. The van der Waals surface area contributed by atoms with E-state index in [0.717, 1.165) is 17.0 Å². The summed E-state index contributed by atoms with van der Waals surface area (Å²) in [7, 11) is 1.61. The van der Waals surface area contributed by atoms with Gasteiger partial charge in [0.05, 0.1) is 24.7 Å². The van der Waals surface area contributed by atoms with E-state index in [1.165, 1.54) is 6.20 Å². The van der Waals surface area contributed by atoms with Gasteiger partial charge in [-0.25, -0.2) is 9.48 Å². The van der Waals surface area contributed by atoms with E-state index in [1.807, 2.05) is 49.4 Å². The number of benzene rings is 2. The second-order valence-electron chi connectivity index (χ2n) is 5.54. The number of hydrogen-bond acceptors (Lipinski definition) is 4. The lowest BCUT2D eigenvalue weighted by Gasteiger charge is -2.08. The largest absolute Gasteiger partial charge is 0.497 e. The number of methoxy groups -OCH3 is 1. The molecule has 1 heterocycles. The van der Waals surface area contributed by atoms with Crippen LogP contribution in [0.3, 0.4) is 0 Å². The molecule has 26 heavy (non-hydrogen) atoms. The van der Waals surface area contributed by atoms with Crippen molar-refractivity contribution < 1.29 is 14.3 Å². The van der Waals surface area contributed by atoms with Gasteiger partial charge in [-0.15, -0.1) is 0 Å². The van der Waals surface area contributed by atoms with Crippen LogP contribution in [0.4, 0.5) is 4.79 Å². The van der Waals surface area contributed by atoms with Crippen LogP contribution in [0, 0.1) is 6.92 Å². The summed E-state index contributed by atoms with van der Waals surface area (Å²) in [5.74, 6) is 1.14. The molecule has 0 fully saturated rings. The number of aromatic nitrogens is 2. The van der Waals surface area contributed by atoms with Crippen molar-refractivity contribution in [1.29, 1.82) is 0 Å². The molecule has 134 valence electrons. The molecule has 0 bridgehead atoms. The van der Waals surface area contributed by atoms with Crippen molar-refractivity contribution in [3.63, 3.8) is 0 Å². The Labute approximate surface area is 156 Å². The molecule has 7 heteroatoms. The minimum absolute atomic E-state index is 0.282. The topological polar surface area (TPSA) is 65.4 Å². The maximum Gasteiger partial charge on any atom is 0.412 e. The number of rotatable bonds is 5. The number of halogens is 1. The summed E-state index contributed by atoms with van der Waals surface area (Å²) in [5.41, 5.74) is 2.37. The third-order valence-electron chi connectivity index (χ3n) is 3.87. The van der Waals surface area contributed by atoms with Crippen LogP contribution in [-0.2, 0) is 6.54 Å². The Hall–Kier alpha value is -2.99. The van der Waals surface area contributed by atoms with Crippen molar-refractivity contribution in [1.82, 2.24) is 15.1 Å². The Morgan fingerprint density at radius 2 is 1.92 bits per heavy atom. The molecule has 0 radical (unpaired) electrons. The van der Waals surface area contributed by atoms with E-state index in [-0.39, 0.29) is 6.54 Å². The van der Waals surface area contributed by atoms with E-state index in [2.05, 4.69) is 10.4 Å². The molecular formula is C19H18ClN3O3. The zero-order valence-corrected chi connectivity index (χ0v) is 15.2. The highest BCUT2D eigenvalue weighted by molar-refractivity contribution is 6.31. The second-order valence-corrected chi connectivity index (χ2v) is 5.95. The Morgan fingerprint density at radius 3 is 2.62 bits per heavy atom. The van der Waals surface area contributed by atoms with Gasteiger partial charge in [-0.1, -0.05) is 29.8 Å². The molecule has 0 saturated carbocycles. The number of nitrogens with one attached hydrogen (secondary N) is 1. The Morgan fingerprint density at radius 1 is 1.19 bits per heavy atom. The molecule has 3 aromatic rings. The summed E-state index contributed by atoms with van der Waals surface area (Å²) in [5, 5.41) is 7.55. The van der Waals surface area contributed by atoms with Gasteiger partial charge in [-0.2, -0.15) is 5.10 Å². The highest BCUT2D eigenvalue weighted by atomic mass is 35.5. The van der Waals surface area contributed by atoms with Gasteiger partial charge in [0, 0.05) is 11.6 Å². The highest BCUT2D eigenvalue weighted by Gasteiger charge is 2.13. The van der Waals surface area contributed by atoms with Crippen molar-refractivity contribution >= 4 is 17.7 Å². The van der Waals surface area contributed by atoms with E-state index in [0.29, 0.717) is 16.5 Å². The number of carbonyl (C=O) groups excluding carboxylic acids is 1. The monoisotopic (exact) mass is 371 g/mol. The number of nitrogens with zero attached hydrogens (tertiary/aromatic N) is 2. The summed E-state index contributed by atoms with van der Waals surface area (Å²) >= 11 is 6.07. The zero-order chi connectivity index (χ0) is 18.5. The minimum atomic E-state index is -0.567. The second kappa shape index (κ2) is 7.93. The Kier molecular flexibility index (Phi) is 5.43. The molecule has 0 unspecified atom stereocenters. The van der Waals surface area contributed by atoms with Gasteiger partial charge in [0.1, 0.15) is 5.75 Å². The van der Waals surface area contributed by atoms with Crippen LogP contribution in [0.15, 0.2) is 54.7 Å². The molecule has 0 saturated heterocycles. The average Bonchev–Trinajstić information content (AvgIpc) is 3.01. The van der Waals surface area contributed by atoms with Gasteiger partial charge in [0.15, 0.2) is 5.75 Å². The van der Waals surface area contributed by atoms with E-state index >= 15 is 0 Å². The molecule has 0 atom stereocenters. The van der Waals surface area contributed by atoms with E-state index in [9.17, 15) is 4.79 Å². The van der Waals surface area contributed by atoms with Crippen molar-refractivity contribution in [3.05, 3.63) is 71.0 Å². The van der Waals surface area contributed by atoms with Gasteiger partial charge in [-0.05, 0) is 42.8 Å². The summed E-state index contributed by atoms with van der Waals surface area (Å²) < 4.78 is 12.2. The first-order valence-corrected chi connectivity index (χ1v) is 8.34. The van der Waals surface area contributed by atoms with E-state index < -0.39 is 6.09 Å². The smallest absolute Gasteiger partial charge is 0.412 e. The molecule has 1 aromatic heterocycles. The first-order chi connectivity index (χ1) is 12.6. The predicted octanol–water partition coefficient (Wildman–Crippen LogP) is 4.13. The van der Waals surface area contributed by atoms with Crippen molar-refractivity contribution in [2.24, 2.45) is 0 Å². The standard InChI is InChI=1S/C19H18ClN3O3/c1-13-18(12-22-23(13)15-7-9-16(25-2)10-8-15)26-19(24)21-11-14-5-3-4-6-17(14)20/h3-10,12H,11H2,1-2H3,(H,21,24). The molecule has 0 aliphatic heterocycles. The molecule has 6 nitrogen and oxygen atoms in total. The fraction of sp³-hybridized carbons (Fsp3) is 0.158. The minimum Gasteiger partial charge on any atom is -0.497 e. The van der Waals surface area contributed by atoms with Gasteiger partial charge < -0.3 is 14.8 Å². The summed E-state index contributed by atoms with van der Waals surface area (Å²) in [6, 6.07) is 14.7. The number of ether oxygens (including phenoxy) is 2. The molecule has 3 rings (SSSR count). The van der Waals surface area contributed by atoms with Crippen LogP contribution >= 0.6 is 11.6 Å². The first kappa shape index (κ1) is 17.8.